The molecule has 2 aromatic rings. The molecule has 1 heterocycles. The Morgan fingerprint density at radius 2 is 1.81 bits per heavy atom. The molecule has 0 fully saturated rings. The van der Waals surface area contributed by atoms with Gasteiger partial charge in [-0.15, -0.1) is 0 Å². The first kappa shape index (κ1) is 21.0. The first-order valence-electron chi connectivity index (χ1n) is 7.67. The van der Waals surface area contributed by atoms with Crippen molar-refractivity contribution in [3.8, 4) is 0 Å². The van der Waals surface area contributed by atoms with Crippen LogP contribution >= 0.6 is 0 Å². The van der Waals surface area contributed by atoms with Gasteiger partial charge in [0.05, 0.1) is 28.8 Å². The van der Waals surface area contributed by atoms with Crippen molar-refractivity contribution in [3.05, 3.63) is 44.1 Å². The first-order valence-corrected chi connectivity index (χ1v) is 9.56. The van der Waals surface area contributed by atoms with Gasteiger partial charge in [-0.3, -0.25) is 4.79 Å². The SMILES string of the molecule is COC(c1cc2c(=O)n(NS(C)(=O)=O)c(=O)[nH]c2cc1C(F)(F)F)C(C)C. The fraction of sp³-hybridized carbons (Fsp3) is 0.467. The Kier molecular flexibility index (Phi) is 5.44. The number of nitrogens with one attached hydrogen (secondary N) is 2. The summed E-state index contributed by atoms with van der Waals surface area (Å²) in [6.07, 6.45) is -5.01. The van der Waals surface area contributed by atoms with Gasteiger partial charge in [-0.2, -0.15) is 17.8 Å². The minimum atomic E-state index is -4.76. The van der Waals surface area contributed by atoms with Crippen molar-refractivity contribution in [1.82, 2.24) is 9.66 Å². The highest BCUT2D eigenvalue weighted by Crippen LogP contribution is 2.39. The Balaban J connectivity index is 2.93. The van der Waals surface area contributed by atoms with Crippen LogP contribution in [0.5, 0.6) is 0 Å². The monoisotopic (exact) mass is 409 g/mol. The molecule has 0 radical (unpaired) electrons. The number of aromatic nitrogens is 2. The molecule has 0 amide bonds. The van der Waals surface area contributed by atoms with E-state index in [4.69, 9.17) is 4.74 Å². The van der Waals surface area contributed by atoms with E-state index in [1.54, 1.807) is 18.7 Å². The van der Waals surface area contributed by atoms with Crippen LogP contribution in [0.15, 0.2) is 21.7 Å². The number of rotatable bonds is 5. The number of hydrogen-bond donors (Lipinski definition) is 2. The topological polar surface area (TPSA) is 110 Å². The number of aromatic amines is 1. The molecule has 27 heavy (non-hydrogen) atoms. The van der Waals surface area contributed by atoms with Gasteiger partial charge >= 0.3 is 11.9 Å². The van der Waals surface area contributed by atoms with Crippen molar-refractivity contribution in [3.63, 3.8) is 0 Å². The number of H-pyrrole nitrogens is 1. The van der Waals surface area contributed by atoms with Gasteiger partial charge in [0.25, 0.3) is 5.56 Å². The Labute approximate surface area is 152 Å². The number of hydrogen-bond acceptors (Lipinski definition) is 5. The highest BCUT2D eigenvalue weighted by atomic mass is 32.2. The van der Waals surface area contributed by atoms with E-state index in [9.17, 15) is 31.2 Å². The molecular formula is C15H18F3N3O5S. The van der Waals surface area contributed by atoms with Gasteiger partial charge in [-0.05, 0) is 23.6 Å². The summed E-state index contributed by atoms with van der Waals surface area (Å²) in [5.41, 5.74) is -4.04. The summed E-state index contributed by atoms with van der Waals surface area (Å²) < 4.78 is 68.6. The highest BCUT2D eigenvalue weighted by molar-refractivity contribution is 7.91. The van der Waals surface area contributed by atoms with Crippen LogP contribution in [-0.4, -0.2) is 31.4 Å². The number of halogens is 3. The molecule has 12 heteroatoms. The average Bonchev–Trinajstić information content (AvgIpc) is 2.50. The Bertz CT molecular complexity index is 1090. The molecule has 0 aliphatic carbocycles. The molecule has 0 aliphatic rings. The maximum absolute atomic E-state index is 13.5. The van der Waals surface area contributed by atoms with Crippen LogP contribution in [0.4, 0.5) is 13.2 Å². The summed E-state index contributed by atoms with van der Waals surface area (Å²) >= 11 is 0. The summed E-state index contributed by atoms with van der Waals surface area (Å²) in [6, 6.07) is 1.61. The van der Waals surface area contributed by atoms with Gasteiger partial charge in [0.15, 0.2) is 0 Å². The van der Waals surface area contributed by atoms with Gasteiger partial charge in [0.1, 0.15) is 0 Å². The van der Waals surface area contributed by atoms with Crippen LogP contribution < -0.4 is 16.1 Å². The maximum Gasteiger partial charge on any atom is 0.416 e. The predicted molar refractivity (Wildman–Crippen MR) is 92.6 cm³/mol. The van der Waals surface area contributed by atoms with Gasteiger partial charge in [-0.25, -0.2) is 18.0 Å². The molecule has 1 atom stereocenters. The zero-order valence-corrected chi connectivity index (χ0v) is 15.7. The van der Waals surface area contributed by atoms with E-state index >= 15 is 0 Å². The van der Waals surface area contributed by atoms with E-state index in [1.165, 1.54) is 7.11 Å². The molecule has 1 aromatic carbocycles. The third-order valence-corrected chi connectivity index (χ3v) is 4.31. The fourth-order valence-electron chi connectivity index (χ4n) is 2.77. The molecule has 150 valence electrons. The third-order valence-electron chi connectivity index (χ3n) is 3.80. The average molecular weight is 409 g/mol. The number of alkyl halides is 3. The van der Waals surface area contributed by atoms with Crippen LogP contribution in [0, 0.1) is 5.92 Å². The smallest absolute Gasteiger partial charge is 0.376 e. The molecule has 2 N–H and O–H groups in total. The van der Waals surface area contributed by atoms with E-state index < -0.39 is 39.1 Å². The molecule has 0 aliphatic heterocycles. The minimum Gasteiger partial charge on any atom is -0.376 e. The number of fused-ring (bicyclic) bond motifs is 1. The highest BCUT2D eigenvalue weighted by Gasteiger charge is 2.37. The number of ether oxygens (including phenoxy) is 1. The normalized spacial score (nSPS) is 13.9. The number of methoxy groups -OCH3 is 1. The molecule has 0 bridgehead atoms. The van der Waals surface area contributed by atoms with Crippen LogP contribution in [0.3, 0.4) is 0 Å². The lowest BCUT2D eigenvalue weighted by molar-refractivity contribution is -0.139. The first-order chi connectivity index (χ1) is 12.3. The largest absolute Gasteiger partial charge is 0.416 e. The van der Waals surface area contributed by atoms with E-state index in [-0.39, 0.29) is 27.1 Å². The van der Waals surface area contributed by atoms with Crippen molar-refractivity contribution in [1.29, 1.82) is 0 Å². The third kappa shape index (κ3) is 4.33. The number of nitrogens with zero attached hydrogens (tertiary/aromatic N) is 1. The van der Waals surface area contributed by atoms with Crippen LogP contribution in [-0.2, 0) is 20.9 Å². The lowest BCUT2D eigenvalue weighted by atomic mass is 9.93. The second-order valence-corrected chi connectivity index (χ2v) is 8.04. The summed E-state index contributed by atoms with van der Waals surface area (Å²) in [4.78, 5) is 28.3. The minimum absolute atomic E-state index is 0.186. The molecule has 0 spiro atoms. The van der Waals surface area contributed by atoms with E-state index in [0.29, 0.717) is 6.07 Å². The van der Waals surface area contributed by atoms with Crippen LogP contribution in [0.2, 0.25) is 0 Å². The van der Waals surface area contributed by atoms with Crippen molar-refractivity contribution < 1.29 is 26.3 Å². The zero-order chi connectivity index (χ0) is 20.7. The van der Waals surface area contributed by atoms with Gasteiger partial charge in [0, 0.05) is 7.11 Å². The van der Waals surface area contributed by atoms with Crippen molar-refractivity contribution in [2.75, 3.05) is 18.2 Å². The Morgan fingerprint density at radius 1 is 1.22 bits per heavy atom. The molecule has 0 saturated carbocycles. The zero-order valence-electron chi connectivity index (χ0n) is 14.8. The van der Waals surface area contributed by atoms with Crippen molar-refractivity contribution >= 4 is 20.9 Å². The van der Waals surface area contributed by atoms with Crippen LogP contribution in [0.25, 0.3) is 10.9 Å². The standard InChI is InChI=1S/C15H18F3N3O5S/c1-7(2)12(26-3)8-5-9-11(6-10(8)15(16,17)18)19-14(23)21(13(9)22)20-27(4,24)25/h5-7,12,20H,1-4H3,(H,19,23). The number of benzene rings is 1. The second-order valence-electron chi connectivity index (χ2n) is 6.32. The predicted octanol–water partition coefficient (Wildman–Crippen LogP) is 1.56. The van der Waals surface area contributed by atoms with Crippen molar-refractivity contribution in [2.45, 2.75) is 26.1 Å². The van der Waals surface area contributed by atoms with E-state index in [2.05, 4.69) is 4.98 Å². The molecule has 1 unspecified atom stereocenters. The van der Waals surface area contributed by atoms with Gasteiger partial charge in [0.2, 0.25) is 10.0 Å². The number of sulfonamides is 1. The van der Waals surface area contributed by atoms with E-state index in [0.717, 1.165) is 12.3 Å². The summed E-state index contributed by atoms with van der Waals surface area (Å²) in [7, 11) is -2.74. The molecule has 1 aromatic heterocycles. The fourth-order valence-corrected chi connectivity index (χ4v) is 3.27. The molecule has 2 rings (SSSR count). The molecule has 0 saturated heterocycles. The van der Waals surface area contributed by atoms with Crippen molar-refractivity contribution in [2.24, 2.45) is 5.92 Å². The quantitative estimate of drug-likeness (QED) is 0.779. The van der Waals surface area contributed by atoms with E-state index in [1.807, 2.05) is 0 Å². The summed E-state index contributed by atoms with van der Waals surface area (Å²) in [5, 5.41) is -0.295. The van der Waals surface area contributed by atoms with Gasteiger partial charge in [-0.1, -0.05) is 13.8 Å². The van der Waals surface area contributed by atoms with Crippen LogP contribution in [0.1, 0.15) is 31.1 Å². The Morgan fingerprint density at radius 3 is 2.26 bits per heavy atom. The lowest BCUT2D eigenvalue weighted by Crippen LogP contribution is -2.43. The lowest BCUT2D eigenvalue weighted by Gasteiger charge is -2.24. The summed E-state index contributed by atoms with van der Waals surface area (Å²) in [5.74, 6) is -0.354. The Hall–Kier alpha value is -2.34. The summed E-state index contributed by atoms with van der Waals surface area (Å²) in [6.45, 7) is 3.30. The maximum atomic E-state index is 13.5. The van der Waals surface area contributed by atoms with Gasteiger partial charge < -0.3 is 9.72 Å². The molecule has 8 nitrogen and oxygen atoms in total. The molecular weight excluding hydrogens is 391 g/mol. The second kappa shape index (κ2) is 7.00.